The van der Waals surface area contributed by atoms with Gasteiger partial charge in [0.05, 0.1) is 12.3 Å². The van der Waals surface area contributed by atoms with Crippen molar-refractivity contribution in [2.45, 2.75) is 12.8 Å². The lowest BCUT2D eigenvalue weighted by Gasteiger charge is -2.22. The number of hydrazone groups is 1. The summed E-state index contributed by atoms with van der Waals surface area (Å²) < 4.78 is 24.8. The Hall–Kier alpha value is -2.66. The molecule has 0 bridgehead atoms. The third-order valence-corrected chi connectivity index (χ3v) is 3.41. The smallest absolute Gasteiger partial charge is 0.201 e. The fraction of sp³-hybridized carbons (Fsp3) is 0.400. The second-order valence-electron chi connectivity index (χ2n) is 5.11. The van der Waals surface area contributed by atoms with Gasteiger partial charge in [-0.05, 0) is 30.9 Å². The minimum absolute atomic E-state index is 0.165. The third-order valence-electron chi connectivity index (χ3n) is 3.41. The number of nitriles is 1. The number of rotatable bonds is 6. The van der Waals surface area contributed by atoms with Gasteiger partial charge in [0.2, 0.25) is 5.71 Å². The van der Waals surface area contributed by atoms with Gasteiger partial charge >= 0.3 is 0 Å². The van der Waals surface area contributed by atoms with Crippen LogP contribution < -0.4 is 15.9 Å². The Balaban J connectivity index is 1.94. The van der Waals surface area contributed by atoms with Gasteiger partial charge in [-0.2, -0.15) is 10.4 Å². The largest absolute Gasteiger partial charge is 0.490 e. The highest BCUT2D eigenvalue weighted by atomic mass is 19.1. The van der Waals surface area contributed by atoms with Gasteiger partial charge < -0.3 is 15.2 Å². The van der Waals surface area contributed by atoms with Crippen LogP contribution >= 0.6 is 0 Å². The number of amidine groups is 1. The van der Waals surface area contributed by atoms with E-state index in [1.165, 1.54) is 12.1 Å². The first-order chi connectivity index (χ1) is 11.1. The SMILES string of the molecule is N#C/C(=N\Nc1ccc(OCC2CCOCC2)c(F)c1)C(=N)N. The number of halogens is 1. The third kappa shape index (κ3) is 4.93. The molecule has 2 rings (SSSR count). The molecule has 1 aromatic rings. The Morgan fingerprint density at radius 2 is 2.26 bits per heavy atom. The number of benzene rings is 1. The normalized spacial score (nSPS) is 15.7. The average Bonchev–Trinajstić information content (AvgIpc) is 2.55. The summed E-state index contributed by atoms with van der Waals surface area (Å²) in [6, 6.07) is 5.93. The van der Waals surface area contributed by atoms with Crippen molar-refractivity contribution in [1.82, 2.24) is 0 Å². The van der Waals surface area contributed by atoms with E-state index in [0.717, 1.165) is 26.1 Å². The van der Waals surface area contributed by atoms with E-state index < -0.39 is 11.7 Å². The first-order valence-corrected chi connectivity index (χ1v) is 7.18. The molecule has 8 heteroatoms. The predicted octanol–water partition coefficient (Wildman–Crippen LogP) is 1.86. The van der Waals surface area contributed by atoms with Crippen molar-refractivity contribution in [3.05, 3.63) is 24.0 Å². The monoisotopic (exact) mass is 319 g/mol. The topological polar surface area (TPSA) is 117 Å². The summed E-state index contributed by atoms with van der Waals surface area (Å²) in [4.78, 5) is 0. The number of hydrogen-bond donors (Lipinski definition) is 3. The quantitative estimate of drug-likeness (QED) is 0.420. The molecule has 7 nitrogen and oxygen atoms in total. The van der Waals surface area contributed by atoms with Gasteiger partial charge in [-0.25, -0.2) is 4.39 Å². The van der Waals surface area contributed by atoms with Crippen LogP contribution in [0.25, 0.3) is 0 Å². The van der Waals surface area contributed by atoms with Crippen molar-refractivity contribution in [1.29, 1.82) is 10.7 Å². The molecule has 122 valence electrons. The number of ether oxygens (including phenoxy) is 2. The first-order valence-electron chi connectivity index (χ1n) is 7.18. The van der Waals surface area contributed by atoms with Crippen molar-refractivity contribution >= 4 is 17.2 Å². The Bertz CT molecular complexity index is 635. The molecule has 0 amide bonds. The fourth-order valence-corrected chi connectivity index (χ4v) is 2.07. The van der Waals surface area contributed by atoms with E-state index in [1.54, 1.807) is 12.1 Å². The first kappa shape index (κ1) is 16.7. The Morgan fingerprint density at radius 1 is 1.52 bits per heavy atom. The van der Waals surface area contributed by atoms with Gasteiger partial charge in [-0.1, -0.05) is 0 Å². The second kappa shape index (κ2) is 8.10. The number of nitrogens with two attached hydrogens (primary N) is 1. The predicted molar refractivity (Wildman–Crippen MR) is 84.0 cm³/mol. The van der Waals surface area contributed by atoms with Gasteiger partial charge in [0.1, 0.15) is 6.07 Å². The lowest BCUT2D eigenvalue weighted by molar-refractivity contribution is 0.0492. The van der Waals surface area contributed by atoms with Crippen molar-refractivity contribution in [3.8, 4) is 11.8 Å². The van der Waals surface area contributed by atoms with Crippen LogP contribution in [0.3, 0.4) is 0 Å². The van der Waals surface area contributed by atoms with E-state index in [-0.39, 0.29) is 11.5 Å². The lowest BCUT2D eigenvalue weighted by atomic mass is 10.0. The van der Waals surface area contributed by atoms with Crippen LogP contribution in [0, 0.1) is 28.5 Å². The second-order valence-corrected chi connectivity index (χ2v) is 5.11. The van der Waals surface area contributed by atoms with Crippen LogP contribution in [-0.2, 0) is 4.74 Å². The molecule has 1 heterocycles. The molecule has 0 atom stereocenters. The number of hydrogen-bond acceptors (Lipinski definition) is 6. The van der Waals surface area contributed by atoms with Crippen LogP contribution in [0.5, 0.6) is 5.75 Å². The van der Waals surface area contributed by atoms with E-state index >= 15 is 0 Å². The van der Waals surface area contributed by atoms with Gasteiger partial charge in [-0.3, -0.25) is 10.8 Å². The van der Waals surface area contributed by atoms with Crippen LogP contribution in [-0.4, -0.2) is 31.4 Å². The van der Waals surface area contributed by atoms with Crippen molar-refractivity contribution < 1.29 is 13.9 Å². The van der Waals surface area contributed by atoms with Crippen LogP contribution in [0.1, 0.15) is 12.8 Å². The maximum absolute atomic E-state index is 14.0. The Morgan fingerprint density at radius 3 is 2.87 bits per heavy atom. The zero-order valence-corrected chi connectivity index (χ0v) is 12.5. The lowest BCUT2D eigenvalue weighted by Crippen LogP contribution is -2.22. The number of anilines is 1. The molecule has 0 unspecified atom stereocenters. The van der Waals surface area contributed by atoms with Gasteiger partial charge in [0, 0.05) is 19.3 Å². The molecule has 0 aliphatic carbocycles. The Labute approximate surface area is 133 Å². The molecule has 23 heavy (non-hydrogen) atoms. The highest BCUT2D eigenvalue weighted by Crippen LogP contribution is 2.23. The molecule has 0 saturated carbocycles. The van der Waals surface area contributed by atoms with Gasteiger partial charge in [0.25, 0.3) is 0 Å². The van der Waals surface area contributed by atoms with E-state index in [2.05, 4.69) is 10.5 Å². The highest BCUT2D eigenvalue weighted by Gasteiger charge is 2.15. The summed E-state index contributed by atoms with van der Waals surface area (Å²) in [7, 11) is 0. The molecule has 1 aliphatic rings. The molecule has 1 saturated heterocycles. The highest BCUT2D eigenvalue weighted by molar-refractivity contribution is 6.45. The standard InChI is InChI=1S/C15H18FN5O2/c16-12-7-11(20-21-13(8-17)15(18)19)1-2-14(12)23-9-10-3-5-22-6-4-10/h1-2,7,10,20H,3-6,9H2,(H3,18,19)/b21-13+. The molecule has 0 radical (unpaired) electrons. The molecule has 0 aromatic heterocycles. The minimum Gasteiger partial charge on any atom is -0.490 e. The van der Waals surface area contributed by atoms with Crippen molar-refractivity contribution in [2.75, 3.05) is 25.2 Å². The molecule has 1 fully saturated rings. The van der Waals surface area contributed by atoms with E-state index in [9.17, 15) is 4.39 Å². The number of nitrogens with one attached hydrogen (secondary N) is 2. The van der Waals surface area contributed by atoms with Gasteiger partial charge in [-0.15, -0.1) is 0 Å². The molecule has 0 spiro atoms. The summed E-state index contributed by atoms with van der Waals surface area (Å²) in [6.45, 7) is 1.89. The summed E-state index contributed by atoms with van der Waals surface area (Å²) in [5, 5.41) is 19.5. The summed E-state index contributed by atoms with van der Waals surface area (Å²) in [6.07, 6.45) is 1.83. The van der Waals surface area contributed by atoms with E-state index in [0.29, 0.717) is 18.2 Å². The molecule has 1 aliphatic heterocycles. The molecule has 4 N–H and O–H groups in total. The molecular weight excluding hydrogens is 301 g/mol. The minimum atomic E-state index is -0.529. The zero-order valence-electron chi connectivity index (χ0n) is 12.5. The van der Waals surface area contributed by atoms with Crippen molar-refractivity contribution in [2.24, 2.45) is 16.8 Å². The molecule has 1 aromatic carbocycles. The zero-order chi connectivity index (χ0) is 16.7. The van der Waals surface area contributed by atoms with Crippen molar-refractivity contribution in [3.63, 3.8) is 0 Å². The van der Waals surface area contributed by atoms with Crippen LogP contribution in [0.4, 0.5) is 10.1 Å². The van der Waals surface area contributed by atoms with Crippen LogP contribution in [0.15, 0.2) is 23.3 Å². The van der Waals surface area contributed by atoms with Crippen LogP contribution in [0.2, 0.25) is 0 Å². The average molecular weight is 319 g/mol. The van der Waals surface area contributed by atoms with E-state index in [4.69, 9.17) is 25.9 Å². The summed E-state index contributed by atoms with van der Waals surface area (Å²) in [5.41, 5.74) is 7.70. The number of nitrogens with zero attached hydrogens (tertiary/aromatic N) is 2. The summed E-state index contributed by atoms with van der Waals surface area (Å²) >= 11 is 0. The van der Waals surface area contributed by atoms with Gasteiger partial charge in [0.15, 0.2) is 17.4 Å². The maximum Gasteiger partial charge on any atom is 0.201 e. The van der Waals surface area contributed by atoms with E-state index in [1.807, 2.05) is 0 Å². The Kier molecular flexibility index (Phi) is 5.88. The maximum atomic E-state index is 14.0. The summed E-state index contributed by atoms with van der Waals surface area (Å²) in [5.74, 6) is -0.451. The molecular formula is C15H18FN5O2. The fourth-order valence-electron chi connectivity index (χ4n) is 2.07.